The van der Waals surface area contributed by atoms with Crippen LogP contribution in [0.1, 0.15) is 45.5 Å². The van der Waals surface area contributed by atoms with Crippen molar-refractivity contribution in [3.05, 3.63) is 216 Å². The summed E-state index contributed by atoms with van der Waals surface area (Å²) in [5.74, 6) is 4.01. The van der Waals surface area contributed by atoms with Crippen LogP contribution in [0.2, 0.25) is 5.02 Å². The molecule has 2 unspecified atom stereocenters. The maximum absolute atomic E-state index is 11.5. The first-order valence-electron chi connectivity index (χ1n) is 34.4. The minimum atomic E-state index is 0. The number of amides is 1. The minimum absolute atomic E-state index is 0. The van der Waals surface area contributed by atoms with Crippen molar-refractivity contribution >= 4 is 84.9 Å². The lowest BCUT2D eigenvalue weighted by atomic mass is 10.0. The molecule has 12 aromatic heterocycles. The number of piperazine rings is 4. The highest BCUT2D eigenvalue weighted by atomic mass is 35.5. The van der Waals surface area contributed by atoms with E-state index in [0.717, 1.165) is 186 Å². The predicted octanol–water partition coefficient (Wildman–Crippen LogP) is 11.3. The van der Waals surface area contributed by atoms with Gasteiger partial charge in [0.15, 0.2) is 22.6 Å². The predicted molar refractivity (Wildman–Crippen MR) is 405 cm³/mol. The minimum Gasteiger partial charge on any atom is -0.354 e. The molecule has 4 aliphatic heterocycles. The summed E-state index contributed by atoms with van der Waals surface area (Å²) in [6, 6.07) is 57.8. The van der Waals surface area contributed by atoms with Gasteiger partial charge in [0.25, 0.3) is 0 Å². The van der Waals surface area contributed by atoms with Crippen LogP contribution in [0.15, 0.2) is 195 Å². The topological polar surface area (TPSA) is 287 Å². The van der Waals surface area contributed by atoms with Gasteiger partial charge in [0, 0.05) is 164 Å². The first-order valence-corrected chi connectivity index (χ1v) is 34.8. The van der Waals surface area contributed by atoms with Gasteiger partial charge in [-0.05, 0) is 134 Å². The fourth-order valence-electron chi connectivity index (χ4n) is 13.4. The number of aromatic amines is 4. The van der Waals surface area contributed by atoms with Gasteiger partial charge in [-0.2, -0.15) is 20.4 Å². The number of aryl methyl sites for hydroxylation is 1. The largest absolute Gasteiger partial charge is 0.354 e. The van der Waals surface area contributed by atoms with Gasteiger partial charge >= 0.3 is 0 Å². The van der Waals surface area contributed by atoms with Gasteiger partial charge in [0.2, 0.25) is 5.91 Å². The molecule has 7 N–H and O–H groups in total. The Morgan fingerprint density at radius 1 is 0.412 bits per heavy atom. The first-order chi connectivity index (χ1) is 50.1. The molecule has 25 nitrogen and oxygen atoms in total. The summed E-state index contributed by atoms with van der Waals surface area (Å²) in [5.41, 5.74) is 13.7. The molecule has 0 saturated carbocycles. The number of H-pyrrole nitrogens is 4. The van der Waals surface area contributed by atoms with Crippen molar-refractivity contribution in [2.45, 2.75) is 38.9 Å². The lowest BCUT2D eigenvalue weighted by molar-refractivity contribution is -0.129. The second kappa shape index (κ2) is 30.5. The Morgan fingerprint density at radius 3 is 1.18 bits per heavy atom. The van der Waals surface area contributed by atoms with Crippen LogP contribution in [0.25, 0.3) is 89.7 Å². The van der Waals surface area contributed by atoms with E-state index in [1.807, 2.05) is 120 Å². The third-order valence-corrected chi connectivity index (χ3v) is 19.0. The molecule has 4 fully saturated rings. The fourth-order valence-corrected chi connectivity index (χ4v) is 13.6. The molecule has 2 aromatic carbocycles. The van der Waals surface area contributed by atoms with E-state index in [2.05, 4.69) is 165 Å². The number of nitrogens with one attached hydrogen (secondary N) is 7. The molecule has 3 atom stereocenters. The van der Waals surface area contributed by atoms with Crippen LogP contribution >= 0.6 is 11.6 Å². The summed E-state index contributed by atoms with van der Waals surface area (Å²) < 4.78 is 0. The highest BCUT2D eigenvalue weighted by Gasteiger charge is 2.26. The lowest BCUT2D eigenvalue weighted by Crippen LogP contribution is -2.49. The second-order valence-corrected chi connectivity index (χ2v) is 26.0. The number of rotatable bonds is 10. The average Bonchev–Trinajstić information content (AvgIpc) is 1.73. The number of carbonyl (C=O) groups excluding carboxylic acids is 1. The number of halogens is 1. The molecule has 4 saturated heterocycles. The third-order valence-electron chi connectivity index (χ3n) is 18.8. The number of pyridine rings is 8. The highest BCUT2D eigenvalue weighted by molar-refractivity contribution is 6.30. The number of hydrogen-bond donors (Lipinski definition) is 7. The number of benzene rings is 2. The number of fused-ring (bicyclic) bond motifs is 4. The van der Waals surface area contributed by atoms with Crippen molar-refractivity contribution in [3.8, 4) is 45.6 Å². The first kappa shape index (κ1) is 66.3. The molecule has 0 radical (unpaired) electrons. The number of carbonyl (C=O) groups is 1. The summed E-state index contributed by atoms with van der Waals surface area (Å²) >= 11 is 6.17. The van der Waals surface area contributed by atoms with Crippen molar-refractivity contribution in [3.63, 3.8) is 0 Å². The molecule has 18 rings (SSSR count). The van der Waals surface area contributed by atoms with Crippen molar-refractivity contribution < 1.29 is 7.65 Å². The van der Waals surface area contributed by atoms with Gasteiger partial charge in [-0.1, -0.05) is 77.8 Å². The van der Waals surface area contributed by atoms with Crippen LogP contribution in [0.5, 0.6) is 0 Å². The SMILES string of the molecule is CC(=O)N1CCN(c2cccc(-c3[nH]nc4ncccc34)n2)CC1.C[C@H]1CN(c2cccc(-c3[nH]nc4ncccc34)n2)CCN1.Cc1ccc(C2CN(c3cccc(-c4[nH]nc5ncccc45)n3)CCN2)cc1.Clc1cccc(C2CN(c3cccc(-c4[nH]nc5ncccc45)n3)CCN2)c1.[HH].[HH]. The maximum atomic E-state index is 11.5. The van der Waals surface area contributed by atoms with Crippen molar-refractivity contribution in [1.29, 1.82) is 0 Å². The van der Waals surface area contributed by atoms with E-state index < -0.39 is 0 Å². The van der Waals surface area contributed by atoms with E-state index in [4.69, 9.17) is 31.5 Å². The number of hydrogen-bond acceptors (Lipinski definition) is 20. The molecule has 14 aromatic rings. The standard InChI is InChI=1S/C22H22N6.C21H19ClN6.C17H18N6O.C16H18N6.2H2/c1-15-7-9-16(10-8-15)19-14-28(13-12-23-19)20-6-2-5-18(25-20)21-17-4-3-11-24-22(17)27-26-21;22-15-5-1-4-14(12-15)18-13-28(11-10-23-18)19-8-2-7-17(25-19)20-16-6-3-9-24-21(16)27-26-20;1-12(24)22-8-10-23(11-9-22)15-6-2-5-14(19-15)16-13-4-3-7-18-17(13)21-20-16;1-11-10-22(9-8-17-11)14-6-2-5-13(19-14)15-12-4-3-7-18-16(12)21-20-15;;/h2-11,19,23H,12-14H2,1H3,(H,24,26,27);1-9,12,18,23H,10-11,13H2,(H,24,26,27);2-7H,8-11H2,1H3,(H,18,20,21);2-7,11,17H,8-10H2,1H3,(H,18,20,21);2*1H/t;;;11-;;/m...0../s1. The zero-order valence-corrected chi connectivity index (χ0v) is 57.5. The van der Waals surface area contributed by atoms with Crippen LogP contribution in [0.3, 0.4) is 0 Å². The zero-order chi connectivity index (χ0) is 69.3. The van der Waals surface area contributed by atoms with Gasteiger partial charge in [-0.3, -0.25) is 25.2 Å². The quantitative estimate of drug-likeness (QED) is 0.0670. The van der Waals surface area contributed by atoms with E-state index in [-0.39, 0.29) is 14.8 Å². The smallest absolute Gasteiger partial charge is 0.219 e. The highest BCUT2D eigenvalue weighted by Crippen LogP contribution is 2.32. The van der Waals surface area contributed by atoms with E-state index >= 15 is 0 Å². The molecule has 1 amide bonds. The Morgan fingerprint density at radius 2 is 0.784 bits per heavy atom. The Kier molecular flexibility index (Phi) is 19.8. The molecule has 0 bridgehead atoms. The van der Waals surface area contributed by atoms with E-state index in [1.165, 1.54) is 16.7 Å². The third kappa shape index (κ3) is 15.0. The molecule has 16 heterocycles. The summed E-state index contributed by atoms with van der Waals surface area (Å²) in [6.45, 7) is 17.3. The van der Waals surface area contributed by atoms with Crippen molar-refractivity contribution in [1.82, 2.24) is 102 Å². The van der Waals surface area contributed by atoms with Crippen LogP contribution in [0.4, 0.5) is 23.3 Å². The molecule has 102 heavy (non-hydrogen) atoms. The van der Waals surface area contributed by atoms with Crippen LogP contribution in [-0.4, -0.2) is 183 Å². The van der Waals surface area contributed by atoms with Gasteiger partial charge < -0.3 is 40.4 Å². The summed E-state index contributed by atoms with van der Waals surface area (Å²) in [6.07, 6.45) is 6.97. The number of aromatic nitrogens is 16. The van der Waals surface area contributed by atoms with Crippen LogP contribution < -0.4 is 35.6 Å². The normalized spacial score (nSPS) is 17.0. The Labute approximate surface area is 596 Å². The molecule has 0 spiro atoms. The second-order valence-electron chi connectivity index (χ2n) is 25.6. The summed E-state index contributed by atoms with van der Waals surface area (Å²) in [4.78, 5) is 59.0. The fraction of sp³-hybridized carbons (Fsp3) is 0.250. The van der Waals surface area contributed by atoms with Gasteiger partial charge in [-0.15, -0.1) is 0 Å². The number of nitrogens with zero attached hydrogens (tertiary/aromatic N) is 17. The Hall–Kier alpha value is -11.6. The molecule has 26 heteroatoms. The monoisotopic (exact) mass is 1380 g/mol. The Bertz CT molecular complexity index is 5200. The van der Waals surface area contributed by atoms with Gasteiger partial charge in [-0.25, -0.2) is 39.9 Å². The average molecular weight is 1380 g/mol. The van der Waals surface area contributed by atoms with Crippen LogP contribution in [-0.2, 0) is 4.79 Å². The van der Waals surface area contributed by atoms with Crippen molar-refractivity contribution in [2.24, 2.45) is 0 Å². The molecular formula is C76H81ClN24O. The van der Waals surface area contributed by atoms with Gasteiger partial charge in [0.1, 0.15) is 23.3 Å². The van der Waals surface area contributed by atoms with E-state index in [0.29, 0.717) is 29.0 Å². The van der Waals surface area contributed by atoms with E-state index in [9.17, 15) is 4.79 Å². The lowest BCUT2D eigenvalue weighted by Gasteiger charge is -2.35. The summed E-state index contributed by atoms with van der Waals surface area (Å²) in [7, 11) is 0. The van der Waals surface area contributed by atoms with Crippen LogP contribution in [0, 0.1) is 6.92 Å². The molecule has 0 aliphatic carbocycles. The summed E-state index contributed by atoms with van der Waals surface area (Å²) in [5, 5.41) is 44.7. The zero-order valence-electron chi connectivity index (χ0n) is 56.8. The molecular weight excluding hydrogens is 1300 g/mol. The maximum Gasteiger partial charge on any atom is 0.219 e. The molecule has 4 aliphatic rings. The van der Waals surface area contributed by atoms with E-state index in [1.54, 1.807) is 31.7 Å². The number of anilines is 4. The molecule has 518 valence electrons. The van der Waals surface area contributed by atoms with Crippen molar-refractivity contribution in [2.75, 3.05) is 105 Å². The van der Waals surface area contributed by atoms with Gasteiger partial charge in [0.05, 0.1) is 45.6 Å². The Balaban J connectivity index is 0.000000123.